The molecular weight excluding hydrogens is 372 g/mol. The monoisotopic (exact) mass is 390 g/mol. The fraction of sp³-hybridized carbons (Fsp3) is 0.174. The zero-order valence-corrected chi connectivity index (χ0v) is 16.1. The van der Waals surface area contributed by atoms with E-state index < -0.39 is 0 Å². The van der Waals surface area contributed by atoms with Crippen molar-refractivity contribution in [2.24, 2.45) is 5.10 Å². The molecule has 0 radical (unpaired) electrons. The second-order valence-electron chi connectivity index (χ2n) is 6.91. The third-order valence-corrected chi connectivity index (χ3v) is 5.62. The van der Waals surface area contributed by atoms with Gasteiger partial charge in [0.15, 0.2) is 0 Å². The Morgan fingerprint density at radius 1 is 1.00 bits per heavy atom. The highest BCUT2D eigenvalue weighted by Gasteiger charge is 2.41. The molecule has 2 atom stereocenters. The van der Waals surface area contributed by atoms with E-state index in [2.05, 4.69) is 12.1 Å². The van der Waals surface area contributed by atoms with Gasteiger partial charge in [-0.3, -0.25) is 0 Å². The smallest absolute Gasteiger partial charge is 0.215 e. The lowest BCUT2D eigenvalue weighted by atomic mass is 9.95. The Balaban J connectivity index is 1.63. The van der Waals surface area contributed by atoms with Crippen LogP contribution in [0.5, 0.6) is 11.5 Å². The summed E-state index contributed by atoms with van der Waals surface area (Å²) in [5, 5.41) is 7.66. The second kappa shape index (κ2) is 6.88. The molecule has 5 heteroatoms. The van der Waals surface area contributed by atoms with Gasteiger partial charge in [-0.05, 0) is 29.8 Å². The summed E-state index contributed by atoms with van der Waals surface area (Å²) >= 11 is 6.50. The van der Waals surface area contributed by atoms with Gasteiger partial charge in [0, 0.05) is 22.6 Å². The summed E-state index contributed by atoms with van der Waals surface area (Å²) in [5.74, 6) is 1.66. The average molecular weight is 391 g/mol. The van der Waals surface area contributed by atoms with Gasteiger partial charge in [-0.1, -0.05) is 60.1 Å². The lowest BCUT2D eigenvalue weighted by molar-refractivity contribution is -0.0190. The lowest BCUT2D eigenvalue weighted by Gasteiger charge is -2.38. The molecule has 2 aliphatic heterocycles. The van der Waals surface area contributed by atoms with Gasteiger partial charge in [-0.25, -0.2) is 5.01 Å². The number of rotatable bonds is 3. The van der Waals surface area contributed by atoms with Gasteiger partial charge in [0.05, 0.1) is 18.9 Å². The van der Waals surface area contributed by atoms with Gasteiger partial charge in [0.2, 0.25) is 6.23 Å². The third kappa shape index (κ3) is 2.81. The van der Waals surface area contributed by atoms with Crippen LogP contribution >= 0.6 is 11.6 Å². The van der Waals surface area contributed by atoms with Crippen LogP contribution in [0.2, 0.25) is 5.02 Å². The highest BCUT2D eigenvalue weighted by molar-refractivity contribution is 6.31. The van der Waals surface area contributed by atoms with Crippen LogP contribution in [0.25, 0.3) is 0 Å². The number of hydrazone groups is 1. The predicted molar refractivity (Wildman–Crippen MR) is 110 cm³/mol. The zero-order chi connectivity index (χ0) is 19.1. The quantitative estimate of drug-likeness (QED) is 0.584. The standard InChI is InChI=1S/C23H19ClN2O2/c1-27-16-11-12-22-18(13-16)21-14-20(15-7-3-2-4-8-15)25-26(21)23(28-22)17-9-5-6-10-19(17)24/h2-13,21,23H,14H2,1H3/t21-,23+/m0/s1. The highest BCUT2D eigenvalue weighted by atomic mass is 35.5. The summed E-state index contributed by atoms with van der Waals surface area (Å²) in [6.07, 6.45) is 0.426. The summed E-state index contributed by atoms with van der Waals surface area (Å²) in [6.45, 7) is 0. The molecular formula is C23H19ClN2O2. The fourth-order valence-corrected chi connectivity index (χ4v) is 4.11. The third-order valence-electron chi connectivity index (χ3n) is 5.28. The first-order valence-electron chi connectivity index (χ1n) is 9.25. The molecule has 0 saturated heterocycles. The van der Waals surface area contributed by atoms with Crippen molar-refractivity contribution in [1.82, 2.24) is 5.01 Å². The minimum atomic E-state index is -0.374. The van der Waals surface area contributed by atoms with E-state index >= 15 is 0 Å². The van der Waals surface area contributed by atoms with Gasteiger partial charge in [-0.15, -0.1) is 0 Å². The molecule has 28 heavy (non-hydrogen) atoms. The van der Waals surface area contributed by atoms with Crippen molar-refractivity contribution in [2.45, 2.75) is 18.7 Å². The van der Waals surface area contributed by atoms with Crippen molar-refractivity contribution in [2.75, 3.05) is 7.11 Å². The van der Waals surface area contributed by atoms with Crippen LogP contribution in [0.1, 0.15) is 35.4 Å². The summed E-state index contributed by atoms with van der Waals surface area (Å²) < 4.78 is 11.8. The van der Waals surface area contributed by atoms with E-state index in [1.54, 1.807) is 7.11 Å². The van der Waals surface area contributed by atoms with E-state index in [0.717, 1.165) is 40.3 Å². The van der Waals surface area contributed by atoms with E-state index in [-0.39, 0.29) is 12.3 Å². The van der Waals surface area contributed by atoms with Crippen LogP contribution in [-0.2, 0) is 0 Å². The second-order valence-corrected chi connectivity index (χ2v) is 7.32. The van der Waals surface area contributed by atoms with Gasteiger partial charge in [0.25, 0.3) is 0 Å². The van der Waals surface area contributed by atoms with Gasteiger partial charge in [-0.2, -0.15) is 5.10 Å². The first kappa shape index (κ1) is 17.1. The Morgan fingerprint density at radius 2 is 1.79 bits per heavy atom. The molecule has 2 heterocycles. The van der Waals surface area contributed by atoms with Crippen LogP contribution in [0.15, 0.2) is 77.9 Å². The maximum Gasteiger partial charge on any atom is 0.215 e. The number of ether oxygens (including phenoxy) is 2. The molecule has 0 aromatic heterocycles. The largest absolute Gasteiger partial charge is 0.497 e. The Labute approximate surface area is 169 Å². The normalized spacial score (nSPS) is 20.1. The number of fused-ring (bicyclic) bond motifs is 3. The maximum atomic E-state index is 6.50. The maximum absolute atomic E-state index is 6.50. The average Bonchev–Trinajstić information content (AvgIpc) is 3.20. The summed E-state index contributed by atoms with van der Waals surface area (Å²) in [7, 11) is 1.68. The molecule has 0 unspecified atom stereocenters. The van der Waals surface area contributed by atoms with Gasteiger partial charge in [0.1, 0.15) is 11.5 Å². The fourth-order valence-electron chi connectivity index (χ4n) is 3.88. The minimum absolute atomic E-state index is 0.0651. The molecule has 0 fully saturated rings. The Kier molecular flexibility index (Phi) is 4.21. The minimum Gasteiger partial charge on any atom is -0.497 e. The first-order valence-corrected chi connectivity index (χ1v) is 9.62. The summed E-state index contributed by atoms with van der Waals surface area (Å²) in [6, 6.07) is 24.0. The number of methoxy groups -OCH3 is 1. The van der Waals surface area contributed by atoms with Crippen LogP contribution in [-0.4, -0.2) is 17.8 Å². The molecule has 0 bridgehead atoms. The molecule has 0 spiro atoms. The lowest BCUT2D eigenvalue weighted by Crippen LogP contribution is -2.33. The Bertz CT molecular complexity index is 1050. The van der Waals surface area contributed by atoms with Crippen molar-refractivity contribution in [3.63, 3.8) is 0 Å². The summed E-state index contributed by atoms with van der Waals surface area (Å²) in [5.41, 5.74) is 4.16. The number of nitrogens with zero attached hydrogens (tertiary/aromatic N) is 2. The SMILES string of the molecule is COc1ccc2c(c1)[C@@H]1CC(c3ccccc3)=NN1[C@@H](c1ccccc1Cl)O2. The Morgan fingerprint density at radius 3 is 2.57 bits per heavy atom. The van der Waals surface area contributed by atoms with Crippen molar-refractivity contribution in [1.29, 1.82) is 0 Å². The molecule has 2 aliphatic rings. The van der Waals surface area contributed by atoms with Crippen molar-refractivity contribution < 1.29 is 9.47 Å². The number of halogens is 1. The van der Waals surface area contributed by atoms with Crippen LogP contribution in [0, 0.1) is 0 Å². The van der Waals surface area contributed by atoms with Crippen molar-refractivity contribution in [3.05, 3.63) is 94.5 Å². The number of benzene rings is 3. The van der Waals surface area contributed by atoms with Crippen molar-refractivity contribution >= 4 is 17.3 Å². The van der Waals surface area contributed by atoms with Gasteiger partial charge >= 0.3 is 0 Å². The van der Waals surface area contributed by atoms with E-state index in [9.17, 15) is 0 Å². The van der Waals surface area contributed by atoms with Crippen LogP contribution in [0.4, 0.5) is 0 Å². The molecule has 3 aromatic carbocycles. The van der Waals surface area contributed by atoms with E-state index in [4.69, 9.17) is 26.2 Å². The van der Waals surface area contributed by atoms with Gasteiger partial charge < -0.3 is 9.47 Å². The molecule has 5 rings (SSSR count). The van der Waals surface area contributed by atoms with Crippen molar-refractivity contribution in [3.8, 4) is 11.5 Å². The van der Waals surface area contributed by atoms with E-state index in [1.165, 1.54) is 0 Å². The predicted octanol–water partition coefficient (Wildman–Crippen LogP) is 5.59. The zero-order valence-electron chi connectivity index (χ0n) is 15.4. The number of hydrogen-bond donors (Lipinski definition) is 0. The molecule has 140 valence electrons. The molecule has 3 aromatic rings. The first-order chi connectivity index (χ1) is 13.7. The molecule has 0 amide bonds. The van der Waals surface area contributed by atoms with Crippen LogP contribution in [0.3, 0.4) is 0 Å². The Hall–Kier alpha value is -2.98. The molecule has 4 nitrogen and oxygen atoms in total. The van der Waals surface area contributed by atoms with E-state index in [0.29, 0.717) is 5.02 Å². The van der Waals surface area contributed by atoms with Crippen LogP contribution < -0.4 is 9.47 Å². The highest BCUT2D eigenvalue weighted by Crippen LogP contribution is 2.49. The topological polar surface area (TPSA) is 34.1 Å². The molecule has 0 aliphatic carbocycles. The number of hydrogen-bond acceptors (Lipinski definition) is 4. The summed E-state index contributed by atoms with van der Waals surface area (Å²) in [4.78, 5) is 0. The molecule has 0 N–H and O–H groups in total. The molecule has 0 saturated carbocycles. The van der Waals surface area contributed by atoms with E-state index in [1.807, 2.05) is 65.7 Å².